The van der Waals surface area contributed by atoms with E-state index in [2.05, 4.69) is 24.3 Å². The zero-order chi connectivity index (χ0) is 20.3. The standard InChI is InChI=1S/C24H20N2O4/c27-21-17-11-5-6-12(9-11)18(17)22(28)25(21)15-3-1-2-4-16(15)26-23(29)19-13-7-8-14(10-13)20(19)24(26)30/h1-8,11-14,17-20H,9-10H2/t11-,12-,13-,14-,17+,18+,19+,20+/m0/s1. The molecule has 6 heteroatoms. The van der Waals surface area contributed by atoms with Crippen LogP contribution in [0, 0.1) is 47.3 Å². The summed E-state index contributed by atoms with van der Waals surface area (Å²) >= 11 is 0. The minimum Gasteiger partial charge on any atom is -0.274 e. The summed E-state index contributed by atoms with van der Waals surface area (Å²) in [6.45, 7) is 0. The van der Waals surface area contributed by atoms with Gasteiger partial charge < -0.3 is 0 Å². The molecule has 8 atom stereocenters. The van der Waals surface area contributed by atoms with Gasteiger partial charge in [-0.1, -0.05) is 36.4 Å². The summed E-state index contributed by atoms with van der Waals surface area (Å²) in [7, 11) is 0. The van der Waals surface area contributed by atoms with Crippen LogP contribution in [0.2, 0.25) is 0 Å². The molecule has 0 N–H and O–H groups in total. The van der Waals surface area contributed by atoms with Crippen molar-refractivity contribution < 1.29 is 19.2 Å². The molecule has 30 heavy (non-hydrogen) atoms. The molecule has 0 aromatic heterocycles. The SMILES string of the molecule is O=C1[C@H]2[C@H](C(=O)N1c1ccccc1N1C(=O)[C@H]3[C@H](C1=O)[C@H]1C=C[C@H]3C1)[C@H]1C=C[C@H]2C1. The van der Waals surface area contributed by atoms with E-state index in [0.29, 0.717) is 11.4 Å². The highest BCUT2D eigenvalue weighted by atomic mass is 16.2. The van der Waals surface area contributed by atoms with Crippen molar-refractivity contribution >= 4 is 35.0 Å². The molecule has 6 nitrogen and oxygen atoms in total. The van der Waals surface area contributed by atoms with Crippen molar-refractivity contribution in [2.75, 3.05) is 9.80 Å². The first-order valence-electron chi connectivity index (χ1n) is 10.8. The fraction of sp³-hybridized carbons (Fsp3) is 0.417. The molecule has 7 rings (SSSR count). The molecular weight excluding hydrogens is 380 g/mol. The predicted molar refractivity (Wildman–Crippen MR) is 107 cm³/mol. The first-order valence-corrected chi connectivity index (χ1v) is 10.8. The van der Waals surface area contributed by atoms with Gasteiger partial charge in [-0.05, 0) is 48.6 Å². The van der Waals surface area contributed by atoms with Gasteiger partial charge in [0.05, 0.1) is 35.0 Å². The maximum absolute atomic E-state index is 13.3. The molecule has 0 spiro atoms. The highest BCUT2D eigenvalue weighted by molar-refractivity contribution is 6.28. The topological polar surface area (TPSA) is 74.8 Å². The molecular formula is C24H20N2O4. The van der Waals surface area contributed by atoms with Crippen molar-refractivity contribution in [2.45, 2.75) is 12.8 Å². The van der Waals surface area contributed by atoms with Crippen LogP contribution in [0.3, 0.4) is 0 Å². The Balaban J connectivity index is 1.30. The molecule has 2 heterocycles. The molecule has 4 aliphatic carbocycles. The largest absolute Gasteiger partial charge is 0.274 e. The number of carbonyl (C=O) groups is 4. The Morgan fingerprint density at radius 2 is 0.833 bits per heavy atom. The lowest BCUT2D eigenvalue weighted by molar-refractivity contribution is -0.125. The zero-order valence-corrected chi connectivity index (χ0v) is 16.2. The number of amides is 4. The number of allylic oxidation sites excluding steroid dienone is 4. The number of carbonyl (C=O) groups excluding carboxylic acids is 4. The first-order chi connectivity index (χ1) is 14.6. The Kier molecular flexibility index (Phi) is 2.99. The molecule has 2 saturated heterocycles. The number of para-hydroxylation sites is 2. The fourth-order valence-corrected chi connectivity index (χ4v) is 7.12. The van der Waals surface area contributed by atoms with Crippen LogP contribution in [0.15, 0.2) is 48.6 Å². The van der Waals surface area contributed by atoms with Crippen LogP contribution >= 0.6 is 0 Å². The van der Waals surface area contributed by atoms with E-state index >= 15 is 0 Å². The quantitative estimate of drug-likeness (QED) is 0.564. The number of hydrogen-bond acceptors (Lipinski definition) is 4. The lowest BCUT2D eigenvalue weighted by Gasteiger charge is -2.25. The Bertz CT molecular complexity index is 973. The third kappa shape index (κ3) is 1.77. The van der Waals surface area contributed by atoms with E-state index in [-0.39, 0.29) is 71.0 Å². The summed E-state index contributed by atoms with van der Waals surface area (Å²) in [5.74, 6) is -1.59. The summed E-state index contributed by atoms with van der Waals surface area (Å²) < 4.78 is 0. The van der Waals surface area contributed by atoms with Crippen molar-refractivity contribution in [1.29, 1.82) is 0 Å². The van der Waals surface area contributed by atoms with Gasteiger partial charge in [0.25, 0.3) is 0 Å². The van der Waals surface area contributed by atoms with E-state index in [1.54, 1.807) is 24.3 Å². The van der Waals surface area contributed by atoms with Crippen molar-refractivity contribution in [3.05, 3.63) is 48.6 Å². The molecule has 4 fully saturated rings. The minimum atomic E-state index is -0.315. The molecule has 150 valence electrons. The van der Waals surface area contributed by atoms with Gasteiger partial charge in [-0.2, -0.15) is 0 Å². The maximum Gasteiger partial charge on any atom is 0.238 e. The number of rotatable bonds is 2. The van der Waals surface area contributed by atoms with Crippen LogP contribution in [-0.4, -0.2) is 23.6 Å². The number of imide groups is 2. The summed E-state index contributed by atoms with van der Waals surface area (Å²) in [4.78, 5) is 55.7. The molecule has 1 aromatic carbocycles. The second-order valence-electron chi connectivity index (χ2n) is 9.51. The Labute approximate surface area is 173 Å². The number of benzene rings is 1. The van der Waals surface area contributed by atoms with Crippen molar-refractivity contribution in [3.8, 4) is 0 Å². The summed E-state index contributed by atoms with van der Waals surface area (Å²) in [5.41, 5.74) is 0.728. The monoisotopic (exact) mass is 400 g/mol. The molecule has 6 aliphatic rings. The molecule has 2 saturated carbocycles. The van der Waals surface area contributed by atoms with Gasteiger partial charge in [-0.25, -0.2) is 9.80 Å². The fourth-order valence-electron chi connectivity index (χ4n) is 7.12. The molecule has 4 bridgehead atoms. The third-order valence-corrected chi connectivity index (χ3v) is 8.30. The van der Waals surface area contributed by atoms with Crippen molar-refractivity contribution in [1.82, 2.24) is 0 Å². The first kappa shape index (κ1) is 16.7. The van der Waals surface area contributed by atoms with Gasteiger partial charge in [-0.15, -0.1) is 0 Å². The van der Waals surface area contributed by atoms with Gasteiger partial charge >= 0.3 is 0 Å². The Morgan fingerprint density at radius 1 is 0.533 bits per heavy atom. The molecule has 4 amide bonds. The number of hydrogen-bond donors (Lipinski definition) is 0. The molecule has 0 unspecified atom stereocenters. The van der Waals surface area contributed by atoms with Gasteiger partial charge in [0, 0.05) is 0 Å². The minimum absolute atomic E-state index is 0.115. The van der Waals surface area contributed by atoms with E-state index in [0.717, 1.165) is 12.8 Å². The van der Waals surface area contributed by atoms with Gasteiger partial charge in [0.2, 0.25) is 23.6 Å². The lowest BCUT2D eigenvalue weighted by atomic mass is 9.85. The molecule has 1 aromatic rings. The number of anilines is 2. The Hall–Kier alpha value is -3.02. The van der Waals surface area contributed by atoms with Gasteiger partial charge in [0.15, 0.2) is 0 Å². The van der Waals surface area contributed by atoms with Crippen molar-refractivity contribution in [2.24, 2.45) is 47.3 Å². The lowest BCUT2D eigenvalue weighted by Crippen LogP contribution is -2.37. The third-order valence-electron chi connectivity index (χ3n) is 8.30. The molecule has 2 aliphatic heterocycles. The van der Waals surface area contributed by atoms with Crippen molar-refractivity contribution in [3.63, 3.8) is 0 Å². The smallest absolute Gasteiger partial charge is 0.238 e. The summed E-state index contributed by atoms with van der Waals surface area (Å²) in [6, 6.07) is 6.86. The molecule has 0 radical (unpaired) electrons. The van der Waals surface area contributed by atoms with Crippen LogP contribution in [0.5, 0.6) is 0 Å². The van der Waals surface area contributed by atoms with E-state index in [1.165, 1.54) is 9.80 Å². The normalized spacial score (nSPS) is 42.3. The summed E-state index contributed by atoms with van der Waals surface area (Å²) in [6.07, 6.45) is 9.97. The van der Waals surface area contributed by atoms with E-state index in [1.807, 2.05) is 0 Å². The van der Waals surface area contributed by atoms with Gasteiger partial charge in [0.1, 0.15) is 0 Å². The highest BCUT2D eigenvalue weighted by Gasteiger charge is 2.62. The van der Waals surface area contributed by atoms with Crippen LogP contribution in [0.25, 0.3) is 0 Å². The predicted octanol–water partition coefficient (Wildman–Crippen LogP) is 2.31. The zero-order valence-electron chi connectivity index (χ0n) is 16.2. The van der Waals surface area contributed by atoms with Crippen LogP contribution < -0.4 is 9.80 Å². The number of nitrogens with zero attached hydrogens (tertiary/aromatic N) is 2. The average Bonchev–Trinajstić information content (AvgIpc) is 3.56. The second kappa shape index (κ2) is 5.36. The highest BCUT2D eigenvalue weighted by Crippen LogP contribution is 2.56. The Morgan fingerprint density at radius 3 is 1.13 bits per heavy atom. The van der Waals surface area contributed by atoms with E-state index in [4.69, 9.17) is 0 Å². The average molecular weight is 400 g/mol. The van der Waals surface area contributed by atoms with E-state index < -0.39 is 0 Å². The van der Waals surface area contributed by atoms with Crippen LogP contribution in [0.4, 0.5) is 11.4 Å². The second-order valence-corrected chi connectivity index (χ2v) is 9.51. The summed E-state index contributed by atoms with van der Waals surface area (Å²) in [5, 5.41) is 0. The van der Waals surface area contributed by atoms with E-state index in [9.17, 15) is 19.2 Å². The van der Waals surface area contributed by atoms with Gasteiger partial charge in [-0.3, -0.25) is 19.2 Å². The maximum atomic E-state index is 13.3. The number of fused-ring (bicyclic) bond motifs is 10. The van der Waals surface area contributed by atoms with Crippen LogP contribution in [-0.2, 0) is 19.2 Å². The van der Waals surface area contributed by atoms with Crippen LogP contribution in [0.1, 0.15) is 12.8 Å².